The second kappa shape index (κ2) is 8.06. The first-order chi connectivity index (χ1) is 11.3. The monoisotopic (exact) mass is 363 g/mol. The Bertz CT molecular complexity index is 554. The number of thioether (sulfide) groups is 1. The Morgan fingerprint density at radius 2 is 2.29 bits per heavy atom. The first kappa shape index (κ1) is 18.9. The third-order valence-corrected chi connectivity index (χ3v) is 4.40. The molecule has 24 heavy (non-hydrogen) atoms. The van der Waals surface area contributed by atoms with Gasteiger partial charge in [0.25, 0.3) is 0 Å². The SMILES string of the molecule is CSCC[C@@H](N)C(=O)N1CC[C@H](Oc2ccc(C(F)(F)F)cn2)C1. The van der Waals surface area contributed by atoms with Gasteiger partial charge in [-0.05, 0) is 24.5 Å². The Hall–Kier alpha value is -1.48. The largest absolute Gasteiger partial charge is 0.472 e. The van der Waals surface area contributed by atoms with Crippen LogP contribution >= 0.6 is 11.8 Å². The molecule has 1 aromatic heterocycles. The summed E-state index contributed by atoms with van der Waals surface area (Å²) in [5.41, 5.74) is 5.05. The molecule has 1 saturated heterocycles. The zero-order valence-electron chi connectivity index (χ0n) is 13.3. The Balaban J connectivity index is 1.86. The second-order valence-corrected chi connectivity index (χ2v) is 6.57. The predicted octanol–water partition coefficient (Wildman–Crippen LogP) is 2.16. The van der Waals surface area contributed by atoms with Crippen LogP contribution in [0.2, 0.25) is 0 Å². The molecule has 0 bridgehead atoms. The molecule has 2 N–H and O–H groups in total. The summed E-state index contributed by atoms with van der Waals surface area (Å²) in [5, 5.41) is 0. The van der Waals surface area contributed by atoms with E-state index in [2.05, 4.69) is 4.98 Å². The fourth-order valence-electron chi connectivity index (χ4n) is 2.42. The van der Waals surface area contributed by atoms with Gasteiger partial charge in [-0.1, -0.05) is 0 Å². The van der Waals surface area contributed by atoms with Crippen LogP contribution in [0.3, 0.4) is 0 Å². The normalized spacial score (nSPS) is 19.4. The number of hydrogen-bond donors (Lipinski definition) is 1. The number of amides is 1. The maximum Gasteiger partial charge on any atom is 0.417 e. The van der Waals surface area contributed by atoms with Gasteiger partial charge in [0.15, 0.2) is 0 Å². The number of carbonyl (C=O) groups is 1. The van der Waals surface area contributed by atoms with Crippen LogP contribution in [0.15, 0.2) is 18.3 Å². The van der Waals surface area contributed by atoms with Crippen molar-refractivity contribution in [1.82, 2.24) is 9.88 Å². The summed E-state index contributed by atoms with van der Waals surface area (Å²) in [7, 11) is 0. The molecule has 0 aromatic carbocycles. The van der Waals surface area contributed by atoms with E-state index in [0.29, 0.717) is 25.9 Å². The summed E-state index contributed by atoms with van der Waals surface area (Å²) < 4.78 is 43.0. The number of rotatable bonds is 6. The van der Waals surface area contributed by atoms with Crippen LogP contribution in [-0.4, -0.2) is 53.0 Å². The molecule has 2 heterocycles. The Morgan fingerprint density at radius 1 is 1.54 bits per heavy atom. The van der Waals surface area contributed by atoms with Crippen molar-refractivity contribution >= 4 is 17.7 Å². The summed E-state index contributed by atoms with van der Waals surface area (Å²) in [5.74, 6) is 0.820. The summed E-state index contributed by atoms with van der Waals surface area (Å²) >= 11 is 1.63. The third-order valence-electron chi connectivity index (χ3n) is 3.76. The van der Waals surface area contributed by atoms with Gasteiger partial charge in [-0.25, -0.2) is 4.98 Å². The molecule has 0 spiro atoms. The number of ether oxygens (including phenoxy) is 1. The van der Waals surface area contributed by atoms with E-state index < -0.39 is 17.8 Å². The number of likely N-dealkylation sites (tertiary alicyclic amines) is 1. The number of nitrogens with zero attached hydrogens (tertiary/aromatic N) is 2. The van der Waals surface area contributed by atoms with Crippen LogP contribution in [0, 0.1) is 0 Å². The lowest BCUT2D eigenvalue weighted by molar-refractivity contribution is -0.138. The smallest absolute Gasteiger partial charge is 0.417 e. The molecule has 0 radical (unpaired) electrons. The van der Waals surface area contributed by atoms with Gasteiger partial charge in [0.05, 0.1) is 18.2 Å². The maximum absolute atomic E-state index is 12.5. The highest BCUT2D eigenvalue weighted by atomic mass is 32.2. The van der Waals surface area contributed by atoms with Crippen molar-refractivity contribution in [1.29, 1.82) is 0 Å². The van der Waals surface area contributed by atoms with E-state index in [1.165, 1.54) is 6.07 Å². The molecule has 1 aliphatic heterocycles. The van der Waals surface area contributed by atoms with Crippen molar-refractivity contribution in [3.05, 3.63) is 23.9 Å². The van der Waals surface area contributed by atoms with Gasteiger partial charge < -0.3 is 15.4 Å². The molecule has 1 fully saturated rings. The van der Waals surface area contributed by atoms with Gasteiger partial charge >= 0.3 is 6.18 Å². The topological polar surface area (TPSA) is 68.5 Å². The summed E-state index contributed by atoms with van der Waals surface area (Å²) in [6, 6.07) is 1.59. The van der Waals surface area contributed by atoms with Crippen LogP contribution in [0.5, 0.6) is 5.88 Å². The molecule has 2 rings (SSSR count). The van der Waals surface area contributed by atoms with Crippen LogP contribution in [-0.2, 0) is 11.0 Å². The first-order valence-electron chi connectivity index (χ1n) is 7.54. The van der Waals surface area contributed by atoms with E-state index in [1.807, 2.05) is 6.26 Å². The van der Waals surface area contributed by atoms with Crippen LogP contribution < -0.4 is 10.5 Å². The van der Waals surface area contributed by atoms with Gasteiger partial charge in [0.1, 0.15) is 6.10 Å². The number of aromatic nitrogens is 1. The molecule has 5 nitrogen and oxygen atoms in total. The van der Waals surface area contributed by atoms with E-state index >= 15 is 0 Å². The first-order valence-corrected chi connectivity index (χ1v) is 8.94. The Kier molecular flexibility index (Phi) is 6.34. The number of halogens is 3. The van der Waals surface area contributed by atoms with E-state index in [0.717, 1.165) is 18.0 Å². The third kappa shape index (κ3) is 5.01. The van der Waals surface area contributed by atoms with Gasteiger partial charge in [0.2, 0.25) is 11.8 Å². The van der Waals surface area contributed by atoms with E-state index in [9.17, 15) is 18.0 Å². The summed E-state index contributed by atoms with van der Waals surface area (Å²) in [6.07, 6.45) is -0.799. The fourth-order valence-corrected chi connectivity index (χ4v) is 2.91. The lowest BCUT2D eigenvalue weighted by atomic mass is 10.2. The highest BCUT2D eigenvalue weighted by molar-refractivity contribution is 7.98. The molecule has 1 aromatic rings. The van der Waals surface area contributed by atoms with E-state index in [4.69, 9.17) is 10.5 Å². The summed E-state index contributed by atoms with van der Waals surface area (Å²) in [4.78, 5) is 17.5. The van der Waals surface area contributed by atoms with Gasteiger partial charge in [-0.15, -0.1) is 0 Å². The zero-order valence-corrected chi connectivity index (χ0v) is 14.1. The van der Waals surface area contributed by atoms with Crippen LogP contribution in [0.1, 0.15) is 18.4 Å². The fraction of sp³-hybridized carbons (Fsp3) is 0.600. The minimum atomic E-state index is -4.42. The molecule has 1 aliphatic rings. The molecule has 0 aliphatic carbocycles. The molecule has 2 atom stereocenters. The van der Waals surface area contributed by atoms with Crippen molar-refractivity contribution in [2.24, 2.45) is 5.73 Å². The highest BCUT2D eigenvalue weighted by Gasteiger charge is 2.32. The van der Waals surface area contributed by atoms with Crippen LogP contribution in [0.4, 0.5) is 13.2 Å². The molecular weight excluding hydrogens is 343 g/mol. The van der Waals surface area contributed by atoms with Gasteiger partial charge in [0, 0.05) is 25.2 Å². The van der Waals surface area contributed by atoms with Crippen molar-refractivity contribution in [2.45, 2.75) is 31.2 Å². The standard InChI is InChI=1S/C15H20F3N3O2S/c1-24-7-5-12(19)14(22)21-6-4-11(9-21)23-13-3-2-10(8-20-13)15(16,17)18/h2-3,8,11-12H,4-7,9,19H2,1H3/t11-,12+/m0/s1. The van der Waals surface area contributed by atoms with Crippen molar-refractivity contribution < 1.29 is 22.7 Å². The molecule has 0 saturated carbocycles. The Labute approximate surface area is 142 Å². The molecule has 9 heteroatoms. The summed E-state index contributed by atoms with van der Waals surface area (Å²) in [6.45, 7) is 0.894. The molecule has 0 unspecified atom stereocenters. The Morgan fingerprint density at radius 3 is 2.88 bits per heavy atom. The van der Waals surface area contributed by atoms with E-state index in [-0.39, 0.29) is 17.9 Å². The number of nitrogens with two attached hydrogens (primary N) is 1. The van der Waals surface area contributed by atoms with Crippen LogP contribution in [0.25, 0.3) is 0 Å². The molecule has 134 valence electrons. The minimum absolute atomic E-state index is 0.115. The number of hydrogen-bond acceptors (Lipinski definition) is 5. The second-order valence-electron chi connectivity index (χ2n) is 5.58. The van der Waals surface area contributed by atoms with Crippen molar-refractivity contribution in [3.63, 3.8) is 0 Å². The average Bonchev–Trinajstić information content (AvgIpc) is 3.00. The molecular formula is C15H20F3N3O2S. The van der Waals surface area contributed by atoms with Gasteiger partial charge in [-0.2, -0.15) is 24.9 Å². The van der Waals surface area contributed by atoms with E-state index in [1.54, 1.807) is 16.7 Å². The lowest BCUT2D eigenvalue weighted by Gasteiger charge is -2.20. The maximum atomic E-state index is 12.5. The number of pyridine rings is 1. The average molecular weight is 363 g/mol. The van der Waals surface area contributed by atoms with Gasteiger partial charge in [-0.3, -0.25) is 4.79 Å². The van der Waals surface area contributed by atoms with Crippen molar-refractivity contribution in [3.8, 4) is 5.88 Å². The number of carbonyl (C=O) groups excluding carboxylic acids is 1. The quantitative estimate of drug-likeness (QED) is 0.839. The highest BCUT2D eigenvalue weighted by Crippen LogP contribution is 2.29. The predicted molar refractivity (Wildman–Crippen MR) is 85.8 cm³/mol. The van der Waals surface area contributed by atoms with Crippen molar-refractivity contribution in [2.75, 3.05) is 25.1 Å². The number of alkyl halides is 3. The lowest BCUT2D eigenvalue weighted by Crippen LogP contribution is -2.43. The molecule has 1 amide bonds. The zero-order chi connectivity index (χ0) is 17.7. The minimum Gasteiger partial charge on any atom is -0.472 e.